The van der Waals surface area contributed by atoms with Crippen molar-refractivity contribution in [3.8, 4) is 0 Å². The minimum atomic E-state index is -0.165. The SMILES string of the molecule is Cc1c(Cl)c(=O)n(C2CCCC2)c2nc(Nc3ccc(N4CCNCC4)cn3)ncc12. The maximum absolute atomic E-state index is 13.0. The second-order valence-corrected chi connectivity index (χ2v) is 8.62. The van der Waals surface area contributed by atoms with Crippen LogP contribution in [-0.4, -0.2) is 45.7 Å². The lowest BCUT2D eigenvalue weighted by atomic mass is 10.1. The summed E-state index contributed by atoms with van der Waals surface area (Å²) >= 11 is 6.37. The van der Waals surface area contributed by atoms with Crippen LogP contribution in [0.4, 0.5) is 17.5 Å². The first kappa shape index (κ1) is 20.2. The van der Waals surface area contributed by atoms with Gasteiger partial charge in [-0.25, -0.2) is 9.97 Å². The maximum Gasteiger partial charge on any atom is 0.271 e. The van der Waals surface area contributed by atoms with Gasteiger partial charge in [-0.15, -0.1) is 0 Å². The number of rotatable bonds is 4. The predicted octanol–water partition coefficient (Wildman–Crippen LogP) is 3.42. The number of piperazine rings is 1. The molecule has 0 unspecified atom stereocenters. The number of hydrogen-bond acceptors (Lipinski definition) is 7. The first-order valence-electron chi connectivity index (χ1n) is 10.9. The first-order chi connectivity index (χ1) is 15.1. The normalized spacial score (nSPS) is 17.4. The molecule has 8 nitrogen and oxygen atoms in total. The molecule has 0 atom stereocenters. The van der Waals surface area contributed by atoms with Crippen LogP contribution in [0.3, 0.4) is 0 Å². The molecule has 1 aliphatic heterocycles. The molecule has 2 aliphatic rings. The monoisotopic (exact) mass is 439 g/mol. The Kier molecular flexibility index (Phi) is 5.50. The van der Waals surface area contributed by atoms with Crippen LogP contribution < -0.4 is 21.1 Å². The van der Waals surface area contributed by atoms with Crippen LogP contribution in [0.5, 0.6) is 0 Å². The van der Waals surface area contributed by atoms with Crippen molar-refractivity contribution in [2.45, 2.75) is 38.6 Å². The topological polar surface area (TPSA) is 88.0 Å². The molecular weight excluding hydrogens is 414 g/mol. The van der Waals surface area contributed by atoms with Crippen molar-refractivity contribution in [1.29, 1.82) is 0 Å². The molecule has 9 heteroatoms. The molecule has 0 amide bonds. The van der Waals surface area contributed by atoms with Gasteiger partial charge in [0.15, 0.2) is 0 Å². The smallest absolute Gasteiger partial charge is 0.271 e. The van der Waals surface area contributed by atoms with Crippen molar-refractivity contribution < 1.29 is 0 Å². The molecule has 0 radical (unpaired) electrons. The van der Waals surface area contributed by atoms with Gasteiger partial charge in [-0.2, -0.15) is 4.98 Å². The van der Waals surface area contributed by atoms with Crippen molar-refractivity contribution in [1.82, 2.24) is 24.8 Å². The second-order valence-electron chi connectivity index (χ2n) is 8.25. The fourth-order valence-electron chi connectivity index (χ4n) is 4.55. The van der Waals surface area contributed by atoms with Gasteiger partial charge in [0.25, 0.3) is 5.56 Å². The average molecular weight is 440 g/mol. The maximum atomic E-state index is 13.0. The molecule has 5 rings (SSSR count). The van der Waals surface area contributed by atoms with E-state index in [1.807, 2.05) is 19.2 Å². The molecule has 0 aromatic carbocycles. The van der Waals surface area contributed by atoms with Gasteiger partial charge in [0, 0.05) is 43.8 Å². The minimum absolute atomic E-state index is 0.132. The highest BCUT2D eigenvalue weighted by molar-refractivity contribution is 6.32. The zero-order chi connectivity index (χ0) is 21.4. The number of hydrogen-bond donors (Lipinski definition) is 2. The number of nitrogens with zero attached hydrogens (tertiary/aromatic N) is 5. The standard InChI is InChI=1S/C22H26ClN7O/c1-14-17-13-26-22(27-18-7-6-16(12-25-18)29-10-8-24-9-11-29)28-20(17)30(21(31)19(14)23)15-4-2-3-5-15/h6-7,12-13,15,24H,2-5,8-11H2,1H3,(H,25,26,27,28). The van der Waals surface area contributed by atoms with E-state index in [0.717, 1.165) is 68.5 Å². The zero-order valence-electron chi connectivity index (χ0n) is 17.6. The molecule has 1 saturated carbocycles. The Hall–Kier alpha value is -2.71. The molecule has 2 fully saturated rings. The van der Waals surface area contributed by atoms with Gasteiger partial charge < -0.3 is 15.5 Å². The van der Waals surface area contributed by atoms with Gasteiger partial charge in [0.05, 0.1) is 11.9 Å². The minimum Gasteiger partial charge on any atom is -0.368 e. The average Bonchev–Trinajstić information content (AvgIpc) is 3.33. The Morgan fingerprint density at radius 2 is 1.90 bits per heavy atom. The molecular formula is C22H26ClN7O. The molecule has 2 N–H and O–H groups in total. The molecule has 1 saturated heterocycles. The molecule has 162 valence electrons. The predicted molar refractivity (Wildman–Crippen MR) is 124 cm³/mol. The number of pyridine rings is 2. The summed E-state index contributed by atoms with van der Waals surface area (Å²) in [7, 11) is 0. The van der Waals surface area contributed by atoms with Crippen LogP contribution in [0.1, 0.15) is 37.3 Å². The van der Waals surface area contributed by atoms with Crippen molar-refractivity contribution in [3.63, 3.8) is 0 Å². The van der Waals surface area contributed by atoms with E-state index in [4.69, 9.17) is 16.6 Å². The summed E-state index contributed by atoms with van der Waals surface area (Å²) in [6.45, 7) is 5.76. The summed E-state index contributed by atoms with van der Waals surface area (Å²) in [6, 6.07) is 4.12. The summed E-state index contributed by atoms with van der Waals surface area (Å²) in [5.41, 5.74) is 2.29. The van der Waals surface area contributed by atoms with Gasteiger partial charge in [-0.1, -0.05) is 24.4 Å². The van der Waals surface area contributed by atoms with Crippen molar-refractivity contribution in [3.05, 3.63) is 45.5 Å². The van der Waals surface area contributed by atoms with E-state index in [-0.39, 0.29) is 16.6 Å². The summed E-state index contributed by atoms with van der Waals surface area (Å²) in [4.78, 5) is 29.0. The molecule has 31 heavy (non-hydrogen) atoms. The Balaban J connectivity index is 1.47. The fourth-order valence-corrected chi connectivity index (χ4v) is 4.74. The van der Waals surface area contributed by atoms with Crippen LogP contribution in [0.15, 0.2) is 29.3 Å². The van der Waals surface area contributed by atoms with Crippen LogP contribution in [0.2, 0.25) is 5.02 Å². The van der Waals surface area contributed by atoms with Crippen LogP contribution >= 0.6 is 11.6 Å². The third-order valence-corrected chi connectivity index (χ3v) is 6.74. The Morgan fingerprint density at radius 1 is 1.13 bits per heavy atom. The number of fused-ring (bicyclic) bond motifs is 1. The highest BCUT2D eigenvalue weighted by Crippen LogP contribution is 2.32. The number of halogens is 1. The first-order valence-corrected chi connectivity index (χ1v) is 11.3. The molecule has 1 aliphatic carbocycles. The van der Waals surface area contributed by atoms with Crippen LogP contribution in [-0.2, 0) is 0 Å². The van der Waals surface area contributed by atoms with E-state index in [1.54, 1.807) is 10.8 Å². The lowest BCUT2D eigenvalue weighted by Crippen LogP contribution is -2.43. The van der Waals surface area contributed by atoms with Gasteiger partial charge in [-0.05, 0) is 37.5 Å². The summed E-state index contributed by atoms with van der Waals surface area (Å²) in [6.07, 6.45) is 7.78. The molecule has 3 aromatic heterocycles. The second kappa shape index (κ2) is 8.43. The van der Waals surface area contributed by atoms with Gasteiger partial charge >= 0.3 is 0 Å². The fraction of sp³-hybridized carbons (Fsp3) is 0.455. The summed E-state index contributed by atoms with van der Waals surface area (Å²) < 4.78 is 1.77. The Morgan fingerprint density at radius 3 is 2.61 bits per heavy atom. The number of aromatic nitrogens is 4. The Bertz CT molecular complexity index is 1150. The van der Waals surface area contributed by atoms with Crippen molar-refractivity contribution in [2.75, 3.05) is 36.4 Å². The van der Waals surface area contributed by atoms with E-state index in [0.29, 0.717) is 17.4 Å². The third kappa shape index (κ3) is 3.85. The van der Waals surface area contributed by atoms with Crippen molar-refractivity contribution >= 4 is 40.1 Å². The van der Waals surface area contributed by atoms with E-state index in [1.165, 1.54) is 0 Å². The largest absolute Gasteiger partial charge is 0.368 e. The quantitative estimate of drug-likeness (QED) is 0.643. The molecule has 0 bridgehead atoms. The molecule has 4 heterocycles. The summed E-state index contributed by atoms with van der Waals surface area (Å²) in [5, 5.41) is 7.61. The van der Waals surface area contributed by atoms with E-state index >= 15 is 0 Å². The molecule has 3 aromatic rings. The number of nitrogens with one attached hydrogen (secondary N) is 2. The number of anilines is 3. The van der Waals surface area contributed by atoms with Crippen LogP contribution in [0.25, 0.3) is 11.0 Å². The highest BCUT2D eigenvalue weighted by Gasteiger charge is 2.24. The number of aryl methyl sites for hydroxylation is 1. The van der Waals surface area contributed by atoms with E-state index < -0.39 is 0 Å². The zero-order valence-corrected chi connectivity index (χ0v) is 18.3. The van der Waals surface area contributed by atoms with E-state index in [9.17, 15) is 4.79 Å². The lowest BCUT2D eigenvalue weighted by molar-refractivity contribution is 0.515. The lowest BCUT2D eigenvalue weighted by Gasteiger charge is -2.29. The van der Waals surface area contributed by atoms with Crippen molar-refractivity contribution in [2.24, 2.45) is 0 Å². The highest BCUT2D eigenvalue weighted by atomic mass is 35.5. The van der Waals surface area contributed by atoms with Gasteiger partial charge in [0.1, 0.15) is 16.5 Å². The van der Waals surface area contributed by atoms with Gasteiger partial charge in [-0.3, -0.25) is 9.36 Å². The molecule has 0 spiro atoms. The summed E-state index contributed by atoms with van der Waals surface area (Å²) in [5.74, 6) is 1.08. The Labute approximate surface area is 185 Å². The van der Waals surface area contributed by atoms with E-state index in [2.05, 4.69) is 31.6 Å². The van der Waals surface area contributed by atoms with Gasteiger partial charge in [0.2, 0.25) is 5.95 Å². The van der Waals surface area contributed by atoms with Crippen LogP contribution in [0, 0.1) is 6.92 Å². The third-order valence-electron chi connectivity index (χ3n) is 6.30.